The maximum atomic E-state index is 15.7. The van der Waals surface area contributed by atoms with Gasteiger partial charge in [0.1, 0.15) is 23.8 Å². The van der Waals surface area contributed by atoms with E-state index in [-0.39, 0.29) is 36.7 Å². The van der Waals surface area contributed by atoms with E-state index < -0.39 is 43.8 Å². The lowest BCUT2D eigenvalue weighted by Crippen LogP contribution is -2.44. The van der Waals surface area contributed by atoms with Crippen LogP contribution in [0.3, 0.4) is 0 Å². The molecule has 0 aromatic heterocycles. The summed E-state index contributed by atoms with van der Waals surface area (Å²) in [4.78, 5) is 12.0. The number of aliphatic hydroxyl groups is 2. The van der Waals surface area contributed by atoms with Crippen molar-refractivity contribution in [3.05, 3.63) is 41.7 Å². The third-order valence-electron chi connectivity index (χ3n) is 7.27. The minimum Gasteiger partial charge on any atom is -0.497 e. The lowest BCUT2D eigenvalue weighted by Gasteiger charge is -2.39. The number of ether oxygens (including phenoxy) is 3. The summed E-state index contributed by atoms with van der Waals surface area (Å²) in [6, 6.07) is 7.08. The zero-order valence-electron chi connectivity index (χ0n) is 25.7. The van der Waals surface area contributed by atoms with E-state index in [0.717, 1.165) is 5.56 Å². The second-order valence-corrected chi connectivity index (χ2v) is 17.6. The highest BCUT2D eigenvalue weighted by atomic mass is 28.4. The van der Waals surface area contributed by atoms with Crippen LogP contribution in [0.25, 0.3) is 0 Å². The minimum atomic E-state index is -2.08. The van der Waals surface area contributed by atoms with E-state index in [2.05, 4.69) is 33.9 Å². The molecule has 1 rings (SSSR count). The van der Waals surface area contributed by atoms with Crippen molar-refractivity contribution in [2.75, 3.05) is 13.7 Å². The number of halogens is 1. The zero-order chi connectivity index (χ0) is 30.2. The number of aliphatic hydroxyl groups excluding tert-OH is 2. The standard InChI is InChI=1S/C30H51FO7Si/c1-20(21(2)38-39(10,11)30(6,7)8)18-24(31)27(37-19-22-12-14-23(35-9)15-13-22)26(33)25(32)16-17-36-28(34)29(3,4)5/h12-15,18,20-21,25-27,32-33H,16-17,19H2,1-11H3/t20-,21+,25+,26+,27-/m1/s1. The van der Waals surface area contributed by atoms with Gasteiger partial charge < -0.3 is 28.8 Å². The van der Waals surface area contributed by atoms with Crippen LogP contribution >= 0.6 is 0 Å². The van der Waals surface area contributed by atoms with Crippen molar-refractivity contribution in [1.82, 2.24) is 0 Å². The first-order chi connectivity index (χ1) is 17.8. The summed E-state index contributed by atoms with van der Waals surface area (Å²) in [6.07, 6.45) is -3.34. The number of hydrogen-bond acceptors (Lipinski definition) is 7. The molecule has 7 nitrogen and oxygen atoms in total. The molecule has 39 heavy (non-hydrogen) atoms. The van der Waals surface area contributed by atoms with E-state index in [1.54, 1.807) is 52.1 Å². The van der Waals surface area contributed by atoms with Crippen LogP contribution in [0.15, 0.2) is 36.2 Å². The molecule has 0 radical (unpaired) electrons. The van der Waals surface area contributed by atoms with Crippen LogP contribution in [-0.4, -0.2) is 62.6 Å². The van der Waals surface area contributed by atoms with Crippen LogP contribution < -0.4 is 4.74 Å². The van der Waals surface area contributed by atoms with Gasteiger partial charge in [-0.25, -0.2) is 4.39 Å². The number of methoxy groups -OCH3 is 1. The van der Waals surface area contributed by atoms with Crippen molar-refractivity contribution >= 4 is 14.3 Å². The first-order valence-electron chi connectivity index (χ1n) is 13.6. The third-order valence-corrected chi connectivity index (χ3v) is 11.8. The molecule has 0 bridgehead atoms. The molecule has 9 heteroatoms. The molecule has 224 valence electrons. The summed E-state index contributed by atoms with van der Waals surface area (Å²) in [7, 11) is -0.513. The summed E-state index contributed by atoms with van der Waals surface area (Å²) in [5.74, 6) is -0.762. The number of esters is 1. The van der Waals surface area contributed by atoms with Crippen LogP contribution in [0, 0.1) is 11.3 Å². The number of carbonyl (C=O) groups excluding carboxylic acids is 1. The van der Waals surface area contributed by atoms with E-state index in [1.807, 2.05) is 13.8 Å². The molecule has 0 aliphatic carbocycles. The van der Waals surface area contributed by atoms with Gasteiger partial charge in [0.15, 0.2) is 8.32 Å². The minimum absolute atomic E-state index is 0.00309. The maximum absolute atomic E-state index is 15.7. The van der Waals surface area contributed by atoms with Crippen LogP contribution in [0.5, 0.6) is 5.75 Å². The normalized spacial score (nSPS) is 17.2. The molecular weight excluding hydrogens is 519 g/mol. The fourth-order valence-corrected chi connectivity index (χ4v) is 4.84. The fraction of sp³-hybridized carbons (Fsp3) is 0.700. The molecule has 0 saturated carbocycles. The molecule has 5 atom stereocenters. The molecule has 0 fully saturated rings. The molecular formula is C30H51FO7Si. The van der Waals surface area contributed by atoms with Gasteiger partial charge in [0.2, 0.25) is 0 Å². The number of carbonyl (C=O) groups is 1. The van der Waals surface area contributed by atoms with Gasteiger partial charge >= 0.3 is 5.97 Å². The Morgan fingerprint density at radius 1 is 1.05 bits per heavy atom. The Labute approximate surface area is 235 Å². The largest absolute Gasteiger partial charge is 0.497 e. The summed E-state index contributed by atoms with van der Waals surface area (Å²) in [5, 5.41) is 21.6. The van der Waals surface area contributed by atoms with Crippen molar-refractivity contribution < 1.29 is 38.0 Å². The Balaban J connectivity index is 3.06. The Morgan fingerprint density at radius 2 is 1.62 bits per heavy atom. The number of rotatable bonds is 14. The van der Waals surface area contributed by atoms with Gasteiger partial charge in [0, 0.05) is 18.4 Å². The van der Waals surface area contributed by atoms with Crippen LogP contribution in [0.2, 0.25) is 18.1 Å². The van der Waals surface area contributed by atoms with Crippen LogP contribution in [-0.2, 0) is 25.3 Å². The smallest absolute Gasteiger partial charge is 0.311 e. The highest BCUT2D eigenvalue weighted by molar-refractivity contribution is 6.74. The molecule has 1 aromatic rings. The predicted molar refractivity (Wildman–Crippen MR) is 155 cm³/mol. The Kier molecular flexibility index (Phi) is 13.3. The predicted octanol–water partition coefficient (Wildman–Crippen LogP) is 6.18. The molecule has 1 aromatic carbocycles. The Bertz CT molecular complexity index is 919. The van der Waals surface area contributed by atoms with E-state index in [1.165, 1.54) is 6.08 Å². The van der Waals surface area contributed by atoms with E-state index >= 15 is 4.39 Å². The van der Waals surface area contributed by atoms with E-state index in [0.29, 0.717) is 5.75 Å². The van der Waals surface area contributed by atoms with Gasteiger partial charge in [-0.1, -0.05) is 39.8 Å². The fourth-order valence-electron chi connectivity index (χ4n) is 3.34. The molecule has 0 aliphatic rings. The highest BCUT2D eigenvalue weighted by Gasteiger charge is 2.39. The average Bonchev–Trinajstić information content (AvgIpc) is 2.82. The van der Waals surface area contributed by atoms with Gasteiger partial charge in [-0.2, -0.15) is 0 Å². The molecule has 0 amide bonds. The molecule has 0 heterocycles. The summed E-state index contributed by atoms with van der Waals surface area (Å²) in [5.41, 5.74) is 0.0546. The monoisotopic (exact) mass is 570 g/mol. The van der Waals surface area contributed by atoms with Crippen LogP contribution in [0.1, 0.15) is 67.4 Å². The summed E-state index contributed by atoms with van der Waals surface area (Å²) >= 11 is 0. The maximum Gasteiger partial charge on any atom is 0.311 e. The van der Waals surface area contributed by atoms with Gasteiger partial charge in [-0.15, -0.1) is 0 Å². The number of hydrogen-bond donors (Lipinski definition) is 2. The van der Waals surface area contributed by atoms with E-state index in [9.17, 15) is 15.0 Å². The van der Waals surface area contributed by atoms with Gasteiger partial charge in [0.05, 0.1) is 31.8 Å². The second kappa shape index (κ2) is 14.7. The molecule has 0 spiro atoms. The van der Waals surface area contributed by atoms with Gasteiger partial charge in [0.25, 0.3) is 0 Å². The lowest BCUT2D eigenvalue weighted by molar-refractivity contribution is -0.154. The molecule has 0 aliphatic heterocycles. The first-order valence-corrected chi connectivity index (χ1v) is 16.5. The van der Waals surface area contributed by atoms with Crippen molar-refractivity contribution in [2.45, 2.75) is 111 Å². The van der Waals surface area contributed by atoms with Gasteiger partial charge in [-0.3, -0.25) is 4.79 Å². The zero-order valence-corrected chi connectivity index (χ0v) is 26.7. The highest BCUT2D eigenvalue weighted by Crippen LogP contribution is 2.38. The topological polar surface area (TPSA) is 94.5 Å². The quantitative estimate of drug-likeness (QED) is 0.204. The third kappa shape index (κ3) is 11.3. The van der Waals surface area contributed by atoms with Crippen molar-refractivity contribution in [3.8, 4) is 5.75 Å². The molecule has 2 N–H and O–H groups in total. The molecule has 0 unspecified atom stereocenters. The van der Waals surface area contributed by atoms with Crippen molar-refractivity contribution in [2.24, 2.45) is 11.3 Å². The van der Waals surface area contributed by atoms with Crippen molar-refractivity contribution in [1.29, 1.82) is 0 Å². The summed E-state index contributed by atoms with van der Waals surface area (Å²) in [6.45, 7) is 19.5. The first kappa shape index (κ1) is 35.2. The lowest BCUT2D eigenvalue weighted by atomic mass is 9.97. The second-order valence-electron chi connectivity index (χ2n) is 12.8. The van der Waals surface area contributed by atoms with E-state index in [4.69, 9.17) is 18.6 Å². The SMILES string of the molecule is COc1ccc(CO[C@H](C(F)=C[C@@H](C)[C@H](C)O[Si](C)(C)C(C)(C)C)[C@@H](O)[C@@H](O)CCOC(=O)C(C)(C)C)cc1. The summed E-state index contributed by atoms with van der Waals surface area (Å²) < 4.78 is 38.3. The molecule has 0 saturated heterocycles. The average molecular weight is 571 g/mol. The Morgan fingerprint density at radius 3 is 2.10 bits per heavy atom. The Hall–Kier alpha value is -1.78. The number of benzene rings is 1. The van der Waals surface area contributed by atoms with Crippen LogP contribution in [0.4, 0.5) is 4.39 Å². The van der Waals surface area contributed by atoms with Gasteiger partial charge in [-0.05, 0) is 69.6 Å². The van der Waals surface area contributed by atoms with Crippen molar-refractivity contribution in [3.63, 3.8) is 0 Å².